The average molecular weight is 404 g/mol. The van der Waals surface area contributed by atoms with Crippen LogP contribution in [0.3, 0.4) is 0 Å². The number of hydrogen-bond acceptors (Lipinski definition) is 5. The molecule has 5 nitrogen and oxygen atoms in total. The molecule has 1 aromatic carbocycles. The van der Waals surface area contributed by atoms with Gasteiger partial charge in [0.15, 0.2) is 5.78 Å². The molecule has 4 rings (SSSR count). The number of carbonyl (C=O) groups is 1. The Labute approximate surface area is 176 Å². The molecule has 6 heteroatoms. The fraction of sp³-hybridized carbons (Fsp3) is 0.292. The van der Waals surface area contributed by atoms with Gasteiger partial charge in [0.1, 0.15) is 11.6 Å². The van der Waals surface area contributed by atoms with E-state index in [9.17, 15) is 9.18 Å². The van der Waals surface area contributed by atoms with Gasteiger partial charge in [-0.2, -0.15) is 0 Å². The summed E-state index contributed by atoms with van der Waals surface area (Å²) in [5.74, 6) is 0.633. The summed E-state index contributed by atoms with van der Waals surface area (Å²) in [5, 5.41) is 3.31. The Morgan fingerprint density at radius 2 is 1.93 bits per heavy atom. The topological polar surface area (TPSA) is 58.1 Å². The van der Waals surface area contributed by atoms with Crippen LogP contribution in [0, 0.1) is 12.7 Å². The lowest BCUT2D eigenvalue weighted by Crippen LogP contribution is -2.43. The van der Waals surface area contributed by atoms with E-state index in [2.05, 4.69) is 20.2 Å². The lowest BCUT2D eigenvalue weighted by atomic mass is 9.99. The van der Waals surface area contributed by atoms with E-state index in [4.69, 9.17) is 0 Å². The molecular formula is C24H25FN4O. The monoisotopic (exact) mass is 404 g/mol. The number of benzene rings is 1. The Kier molecular flexibility index (Phi) is 6.14. The van der Waals surface area contributed by atoms with E-state index < -0.39 is 0 Å². The van der Waals surface area contributed by atoms with Crippen LogP contribution in [0.1, 0.15) is 28.0 Å². The molecule has 1 aliphatic heterocycles. The second-order valence-electron chi connectivity index (χ2n) is 7.57. The number of rotatable bonds is 6. The molecule has 0 spiro atoms. The van der Waals surface area contributed by atoms with Gasteiger partial charge in [-0.1, -0.05) is 12.1 Å². The lowest BCUT2D eigenvalue weighted by molar-refractivity contribution is 0.0982. The fourth-order valence-electron chi connectivity index (χ4n) is 3.70. The second kappa shape index (κ2) is 9.13. The van der Waals surface area contributed by atoms with E-state index in [-0.39, 0.29) is 11.6 Å². The summed E-state index contributed by atoms with van der Waals surface area (Å²) in [6.07, 6.45) is 4.14. The highest BCUT2D eigenvalue weighted by Gasteiger charge is 2.13. The van der Waals surface area contributed by atoms with Gasteiger partial charge in [0.25, 0.3) is 0 Å². The summed E-state index contributed by atoms with van der Waals surface area (Å²) < 4.78 is 14.6. The summed E-state index contributed by atoms with van der Waals surface area (Å²) in [4.78, 5) is 23.4. The minimum absolute atomic E-state index is 0.0172. The molecule has 0 bridgehead atoms. The maximum Gasteiger partial charge on any atom is 0.164 e. The molecule has 3 heterocycles. The van der Waals surface area contributed by atoms with Crippen LogP contribution >= 0.6 is 0 Å². The minimum Gasteiger partial charge on any atom is -0.354 e. The summed E-state index contributed by atoms with van der Waals surface area (Å²) in [5.41, 5.74) is 3.60. The van der Waals surface area contributed by atoms with E-state index in [0.29, 0.717) is 24.0 Å². The highest BCUT2D eigenvalue weighted by Crippen LogP contribution is 2.24. The average Bonchev–Trinajstić information content (AvgIpc) is 2.78. The highest BCUT2D eigenvalue weighted by atomic mass is 19.1. The molecule has 1 N–H and O–H groups in total. The van der Waals surface area contributed by atoms with Crippen LogP contribution in [0.15, 0.2) is 54.9 Å². The molecular weight excluding hydrogens is 379 g/mol. The zero-order valence-electron chi connectivity index (χ0n) is 17.1. The van der Waals surface area contributed by atoms with Crippen molar-refractivity contribution in [2.24, 2.45) is 0 Å². The number of hydrogen-bond donors (Lipinski definition) is 1. The van der Waals surface area contributed by atoms with Gasteiger partial charge < -0.3 is 10.2 Å². The molecule has 0 aliphatic carbocycles. The van der Waals surface area contributed by atoms with Gasteiger partial charge in [-0.15, -0.1) is 0 Å². The van der Waals surface area contributed by atoms with Crippen molar-refractivity contribution in [2.45, 2.75) is 19.8 Å². The van der Waals surface area contributed by atoms with E-state index in [1.807, 2.05) is 31.2 Å². The summed E-state index contributed by atoms with van der Waals surface area (Å²) in [7, 11) is 0. The molecule has 1 saturated heterocycles. The fourth-order valence-corrected chi connectivity index (χ4v) is 3.70. The number of ketones is 1. The van der Waals surface area contributed by atoms with E-state index >= 15 is 0 Å². The first kappa shape index (κ1) is 20.2. The Morgan fingerprint density at radius 1 is 1.10 bits per heavy atom. The second-order valence-corrected chi connectivity index (χ2v) is 7.57. The van der Waals surface area contributed by atoms with Crippen molar-refractivity contribution in [2.75, 3.05) is 31.1 Å². The molecule has 0 unspecified atom stereocenters. The van der Waals surface area contributed by atoms with Crippen LogP contribution in [-0.2, 0) is 6.42 Å². The number of carbonyl (C=O) groups excluding carboxylic acids is 1. The maximum absolute atomic E-state index is 14.6. The molecule has 1 fully saturated rings. The van der Waals surface area contributed by atoms with E-state index in [0.717, 1.165) is 48.8 Å². The molecule has 0 atom stereocenters. The van der Waals surface area contributed by atoms with Crippen molar-refractivity contribution in [1.29, 1.82) is 0 Å². The summed E-state index contributed by atoms with van der Waals surface area (Å²) in [6, 6.07) is 12.6. The van der Waals surface area contributed by atoms with Gasteiger partial charge >= 0.3 is 0 Å². The zero-order valence-corrected chi connectivity index (χ0v) is 17.1. The Bertz CT molecular complexity index is 1030. The number of anilines is 1. The third kappa shape index (κ3) is 4.71. The largest absolute Gasteiger partial charge is 0.354 e. The number of nitrogens with one attached hydrogen (secondary N) is 1. The predicted octanol–water partition coefficient (Wildman–Crippen LogP) is 3.82. The van der Waals surface area contributed by atoms with Crippen molar-refractivity contribution in [3.05, 3.63) is 77.5 Å². The quantitative estimate of drug-likeness (QED) is 0.633. The van der Waals surface area contributed by atoms with Crippen LogP contribution in [-0.4, -0.2) is 41.9 Å². The molecule has 1 aliphatic rings. The zero-order chi connectivity index (χ0) is 20.9. The molecule has 2 aromatic heterocycles. The Balaban J connectivity index is 1.38. The summed E-state index contributed by atoms with van der Waals surface area (Å²) in [6.45, 7) is 5.60. The third-order valence-corrected chi connectivity index (χ3v) is 5.39. The SMILES string of the molecule is Cc1cc(-c2ccc(CCC(=O)c3ccc(N4CCNCC4)nc3)cc2F)ccn1. The molecule has 0 radical (unpaired) electrons. The van der Waals surface area contributed by atoms with Gasteiger partial charge in [-0.3, -0.25) is 9.78 Å². The van der Waals surface area contributed by atoms with Crippen molar-refractivity contribution >= 4 is 11.6 Å². The van der Waals surface area contributed by atoms with Crippen molar-refractivity contribution in [3.8, 4) is 11.1 Å². The number of pyridine rings is 2. The number of piperazine rings is 1. The first-order chi connectivity index (χ1) is 14.6. The first-order valence-corrected chi connectivity index (χ1v) is 10.3. The number of halogens is 1. The number of aromatic nitrogens is 2. The smallest absolute Gasteiger partial charge is 0.164 e. The maximum atomic E-state index is 14.6. The number of aryl methyl sites for hydroxylation is 2. The predicted molar refractivity (Wildman–Crippen MR) is 116 cm³/mol. The van der Waals surface area contributed by atoms with Gasteiger partial charge in [0.05, 0.1) is 0 Å². The third-order valence-electron chi connectivity index (χ3n) is 5.39. The molecule has 154 valence electrons. The van der Waals surface area contributed by atoms with Gasteiger partial charge in [0.2, 0.25) is 0 Å². The van der Waals surface area contributed by atoms with Crippen LogP contribution < -0.4 is 10.2 Å². The van der Waals surface area contributed by atoms with Gasteiger partial charge in [-0.05, 0) is 54.8 Å². The molecule has 0 saturated carbocycles. The number of nitrogens with zero attached hydrogens (tertiary/aromatic N) is 3. The van der Waals surface area contributed by atoms with E-state index in [1.165, 1.54) is 6.07 Å². The molecule has 3 aromatic rings. The minimum atomic E-state index is -0.285. The van der Waals surface area contributed by atoms with Crippen LogP contribution in [0.25, 0.3) is 11.1 Å². The standard InChI is InChI=1S/C24H25FN4O/c1-17-14-19(8-9-27-17)21-5-2-18(15-22(21)25)3-6-23(30)20-4-7-24(28-16-20)29-12-10-26-11-13-29/h2,4-5,7-9,14-16,26H,3,6,10-13H2,1H3. The van der Waals surface area contributed by atoms with Crippen molar-refractivity contribution in [1.82, 2.24) is 15.3 Å². The van der Waals surface area contributed by atoms with Crippen molar-refractivity contribution in [3.63, 3.8) is 0 Å². The number of Topliss-reactive ketones (excluding diaryl/α,β-unsaturated/α-hetero) is 1. The van der Waals surface area contributed by atoms with Crippen LogP contribution in [0.5, 0.6) is 0 Å². The molecule has 0 amide bonds. The Morgan fingerprint density at radius 3 is 2.63 bits per heavy atom. The summed E-state index contributed by atoms with van der Waals surface area (Å²) >= 11 is 0. The highest BCUT2D eigenvalue weighted by molar-refractivity contribution is 5.96. The Hall–Kier alpha value is -3.12. The van der Waals surface area contributed by atoms with Crippen LogP contribution in [0.4, 0.5) is 10.2 Å². The first-order valence-electron chi connectivity index (χ1n) is 10.3. The van der Waals surface area contributed by atoms with E-state index in [1.54, 1.807) is 24.5 Å². The normalized spacial score (nSPS) is 14.0. The van der Waals surface area contributed by atoms with Crippen LogP contribution in [0.2, 0.25) is 0 Å². The van der Waals surface area contributed by atoms with Crippen molar-refractivity contribution < 1.29 is 9.18 Å². The van der Waals surface area contributed by atoms with Gasteiger partial charge in [-0.25, -0.2) is 9.37 Å². The van der Waals surface area contributed by atoms with Gasteiger partial charge in [0, 0.05) is 61.8 Å². The lowest BCUT2D eigenvalue weighted by Gasteiger charge is -2.28. The molecule has 30 heavy (non-hydrogen) atoms.